The summed E-state index contributed by atoms with van der Waals surface area (Å²) in [5.41, 5.74) is 1.20. The molecule has 10 heteroatoms. The van der Waals surface area contributed by atoms with Crippen LogP contribution in [0.1, 0.15) is 0 Å². The summed E-state index contributed by atoms with van der Waals surface area (Å²) in [5.74, 6) is 0.158. The van der Waals surface area contributed by atoms with E-state index in [1.54, 1.807) is 30.5 Å². The minimum atomic E-state index is -0.518. The molecule has 0 spiro atoms. The Labute approximate surface area is 188 Å². The van der Waals surface area contributed by atoms with E-state index in [1.165, 1.54) is 18.5 Å². The highest BCUT2D eigenvalue weighted by Crippen LogP contribution is 2.38. The molecule has 1 aliphatic rings. The van der Waals surface area contributed by atoms with Gasteiger partial charge in [0.2, 0.25) is 5.82 Å². The first-order valence-electron chi connectivity index (χ1n) is 10.4. The van der Waals surface area contributed by atoms with Gasteiger partial charge < -0.3 is 14.5 Å². The number of anilines is 2. The van der Waals surface area contributed by atoms with Gasteiger partial charge in [0.15, 0.2) is 5.75 Å². The third kappa shape index (κ3) is 4.10. The van der Waals surface area contributed by atoms with Crippen molar-refractivity contribution in [1.29, 1.82) is 0 Å². The molecule has 166 valence electrons. The predicted molar refractivity (Wildman–Crippen MR) is 121 cm³/mol. The summed E-state index contributed by atoms with van der Waals surface area (Å²) in [6.45, 7) is 2.22. The van der Waals surface area contributed by atoms with Gasteiger partial charge in [0, 0.05) is 43.4 Å². The highest BCUT2D eigenvalue weighted by Gasteiger charge is 2.31. The lowest BCUT2D eigenvalue weighted by molar-refractivity contribution is -0.385. The third-order valence-corrected chi connectivity index (χ3v) is 5.53. The summed E-state index contributed by atoms with van der Waals surface area (Å²) in [5, 5.41) is 12.9. The van der Waals surface area contributed by atoms with Gasteiger partial charge in [0.1, 0.15) is 17.7 Å². The Hall–Kier alpha value is -4.34. The molecule has 0 unspecified atom stereocenters. The van der Waals surface area contributed by atoms with E-state index in [1.807, 2.05) is 23.1 Å². The molecule has 0 atom stereocenters. The van der Waals surface area contributed by atoms with Crippen LogP contribution in [0.2, 0.25) is 0 Å². The van der Waals surface area contributed by atoms with Crippen LogP contribution in [0.4, 0.5) is 21.6 Å². The monoisotopic (exact) mass is 446 g/mol. The van der Waals surface area contributed by atoms with E-state index in [-0.39, 0.29) is 23.2 Å². The lowest BCUT2D eigenvalue weighted by atomic mass is 10.2. The van der Waals surface area contributed by atoms with Crippen LogP contribution in [0.15, 0.2) is 67.1 Å². The normalized spacial score (nSPS) is 13.8. The standard InChI is InChI=1S/C23H19FN6O3/c24-17-6-8-18(9-7-17)28-11-13-29(14-12-28)22-21(30(31)32)23(27-15-26-22)33-19-5-1-3-16-4-2-10-25-20(16)19/h1-10,15H,11-14H2. The van der Waals surface area contributed by atoms with Crippen molar-refractivity contribution in [3.05, 3.63) is 83.1 Å². The number of hydrogen-bond acceptors (Lipinski definition) is 8. The van der Waals surface area contributed by atoms with E-state index in [9.17, 15) is 14.5 Å². The molecule has 5 rings (SSSR count). The molecule has 0 aliphatic carbocycles. The second-order valence-corrected chi connectivity index (χ2v) is 7.49. The minimum Gasteiger partial charge on any atom is -0.431 e. The van der Waals surface area contributed by atoms with Crippen LogP contribution in [-0.2, 0) is 0 Å². The number of ether oxygens (including phenoxy) is 1. The number of benzene rings is 2. The Bertz CT molecular complexity index is 1300. The maximum atomic E-state index is 13.2. The molecule has 2 aromatic heterocycles. The molecular formula is C23H19FN6O3. The van der Waals surface area contributed by atoms with Gasteiger partial charge in [-0.2, -0.15) is 4.98 Å². The summed E-state index contributed by atoms with van der Waals surface area (Å²) in [6, 6.07) is 15.4. The quantitative estimate of drug-likeness (QED) is 0.333. The molecular weight excluding hydrogens is 427 g/mol. The Kier molecular flexibility index (Phi) is 5.39. The molecule has 33 heavy (non-hydrogen) atoms. The van der Waals surface area contributed by atoms with E-state index in [0.29, 0.717) is 37.4 Å². The van der Waals surface area contributed by atoms with E-state index in [2.05, 4.69) is 19.9 Å². The van der Waals surface area contributed by atoms with E-state index in [0.717, 1.165) is 11.1 Å². The van der Waals surface area contributed by atoms with Gasteiger partial charge in [-0.15, -0.1) is 0 Å². The summed E-state index contributed by atoms with van der Waals surface area (Å²) in [7, 11) is 0. The van der Waals surface area contributed by atoms with Gasteiger partial charge in [0.25, 0.3) is 0 Å². The first-order chi connectivity index (χ1) is 16.1. The van der Waals surface area contributed by atoms with Crippen LogP contribution in [0.5, 0.6) is 11.6 Å². The van der Waals surface area contributed by atoms with E-state index >= 15 is 0 Å². The zero-order valence-corrected chi connectivity index (χ0v) is 17.5. The van der Waals surface area contributed by atoms with Crippen molar-refractivity contribution in [3.8, 4) is 11.6 Å². The Balaban J connectivity index is 1.42. The summed E-state index contributed by atoms with van der Waals surface area (Å²) < 4.78 is 19.1. The number of para-hydroxylation sites is 1. The number of nitro groups is 1. The molecule has 1 aliphatic heterocycles. The molecule has 2 aromatic carbocycles. The minimum absolute atomic E-state index is 0.135. The van der Waals surface area contributed by atoms with E-state index in [4.69, 9.17) is 4.74 Å². The maximum Gasteiger partial charge on any atom is 0.373 e. The molecule has 0 radical (unpaired) electrons. The van der Waals surface area contributed by atoms with Crippen LogP contribution in [-0.4, -0.2) is 46.1 Å². The zero-order chi connectivity index (χ0) is 22.8. The topological polar surface area (TPSA) is 97.5 Å². The molecule has 3 heterocycles. The van der Waals surface area contributed by atoms with Crippen molar-refractivity contribution in [3.63, 3.8) is 0 Å². The average Bonchev–Trinajstić information content (AvgIpc) is 2.85. The van der Waals surface area contributed by atoms with Crippen LogP contribution < -0.4 is 14.5 Å². The number of aromatic nitrogens is 3. The fourth-order valence-corrected chi connectivity index (χ4v) is 3.91. The molecule has 9 nitrogen and oxygen atoms in total. The molecule has 0 amide bonds. The first-order valence-corrected chi connectivity index (χ1v) is 10.4. The number of pyridine rings is 1. The van der Waals surface area contributed by atoms with Gasteiger partial charge in [-0.3, -0.25) is 15.1 Å². The van der Waals surface area contributed by atoms with Gasteiger partial charge >= 0.3 is 11.6 Å². The van der Waals surface area contributed by atoms with Crippen molar-refractivity contribution >= 4 is 28.1 Å². The number of rotatable bonds is 5. The average molecular weight is 446 g/mol. The smallest absolute Gasteiger partial charge is 0.373 e. The van der Waals surface area contributed by atoms with Crippen molar-refractivity contribution in [2.45, 2.75) is 0 Å². The molecule has 0 N–H and O–H groups in total. The fourth-order valence-electron chi connectivity index (χ4n) is 3.91. The van der Waals surface area contributed by atoms with Gasteiger partial charge in [-0.1, -0.05) is 18.2 Å². The molecule has 0 saturated carbocycles. The summed E-state index contributed by atoms with van der Waals surface area (Å²) in [4.78, 5) is 28.0. The highest BCUT2D eigenvalue weighted by atomic mass is 19.1. The second kappa shape index (κ2) is 8.65. The van der Waals surface area contributed by atoms with Crippen molar-refractivity contribution in [2.24, 2.45) is 0 Å². The van der Waals surface area contributed by atoms with Gasteiger partial charge in [0.05, 0.1) is 4.92 Å². The second-order valence-electron chi connectivity index (χ2n) is 7.49. The highest BCUT2D eigenvalue weighted by molar-refractivity contribution is 5.84. The van der Waals surface area contributed by atoms with E-state index < -0.39 is 4.92 Å². The molecule has 4 aromatic rings. The van der Waals surface area contributed by atoms with Gasteiger partial charge in [-0.05, 0) is 36.4 Å². The predicted octanol–water partition coefficient (Wildman–Crippen LogP) is 4.19. The number of halogens is 1. The maximum absolute atomic E-state index is 13.2. The lowest BCUT2D eigenvalue weighted by Crippen LogP contribution is -2.47. The Morgan fingerprint density at radius 3 is 2.39 bits per heavy atom. The van der Waals surface area contributed by atoms with Crippen molar-refractivity contribution < 1.29 is 14.1 Å². The van der Waals surface area contributed by atoms with Crippen LogP contribution in [0, 0.1) is 15.9 Å². The fraction of sp³-hybridized carbons (Fsp3) is 0.174. The SMILES string of the molecule is O=[N+]([O-])c1c(Oc2cccc3cccnc23)ncnc1N1CCN(c2ccc(F)cc2)CC1. The van der Waals surface area contributed by atoms with Crippen LogP contribution >= 0.6 is 0 Å². The number of piperazine rings is 1. The van der Waals surface area contributed by atoms with Gasteiger partial charge in [-0.25, -0.2) is 9.37 Å². The largest absolute Gasteiger partial charge is 0.431 e. The third-order valence-electron chi connectivity index (χ3n) is 5.53. The summed E-state index contributed by atoms with van der Waals surface area (Å²) >= 11 is 0. The first kappa shape index (κ1) is 20.6. The zero-order valence-electron chi connectivity index (χ0n) is 17.5. The molecule has 1 saturated heterocycles. The molecule has 1 fully saturated rings. The van der Waals surface area contributed by atoms with Crippen molar-refractivity contribution in [2.75, 3.05) is 36.0 Å². The van der Waals surface area contributed by atoms with Crippen LogP contribution in [0.25, 0.3) is 10.9 Å². The Morgan fingerprint density at radius 2 is 1.64 bits per heavy atom. The Morgan fingerprint density at radius 1 is 0.909 bits per heavy atom. The van der Waals surface area contributed by atoms with Crippen LogP contribution in [0.3, 0.4) is 0 Å². The molecule has 0 bridgehead atoms. The summed E-state index contributed by atoms with van der Waals surface area (Å²) in [6.07, 6.45) is 2.90. The van der Waals surface area contributed by atoms with Crippen molar-refractivity contribution in [1.82, 2.24) is 15.0 Å². The number of hydrogen-bond donors (Lipinski definition) is 0. The number of fused-ring (bicyclic) bond motifs is 1. The number of nitrogens with zero attached hydrogens (tertiary/aromatic N) is 6. The lowest BCUT2D eigenvalue weighted by Gasteiger charge is -2.36.